The molecule has 0 spiro atoms. The van der Waals surface area contributed by atoms with Gasteiger partial charge in [-0.1, -0.05) is 345 Å². The van der Waals surface area contributed by atoms with E-state index in [9.17, 15) is 14.4 Å². The van der Waals surface area contributed by atoms with E-state index in [2.05, 4.69) is 81.5 Å². The van der Waals surface area contributed by atoms with Crippen molar-refractivity contribution in [3.8, 4) is 0 Å². The predicted octanol–water partition coefficient (Wildman–Crippen LogP) is 23.9. The Morgan fingerprint density at radius 2 is 0.494 bits per heavy atom. The molecule has 6 nitrogen and oxygen atoms in total. The predicted molar refractivity (Wildman–Crippen MR) is 344 cm³/mol. The summed E-state index contributed by atoms with van der Waals surface area (Å²) in [7, 11) is 0. The van der Waals surface area contributed by atoms with Crippen molar-refractivity contribution in [3.05, 3.63) is 60.8 Å². The van der Waals surface area contributed by atoms with Crippen molar-refractivity contribution in [2.75, 3.05) is 13.2 Å². The maximum absolute atomic E-state index is 13.0. The first-order chi connectivity index (χ1) is 39.0. The molecule has 0 aliphatic heterocycles. The van der Waals surface area contributed by atoms with Crippen molar-refractivity contribution < 1.29 is 28.6 Å². The van der Waals surface area contributed by atoms with Crippen LogP contribution in [0.25, 0.3) is 0 Å². The fourth-order valence-corrected chi connectivity index (χ4v) is 10.4. The highest BCUT2D eigenvalue weighted by Gasteiger charge is 2.19. The van der Waals surface area contributed by atoms with Gasteiger partial charge in [0.05, 0.1) is 0 Å². The van der Waals surface area contributed by atoms with E-state index in [0.29, 0.717) is 19.3 Å². The van der Waals surface area contributed by atoms with Crippen molar-refractivity contribution in [3.63, 3.8) is 0 Å². The number of allylic oxidation sites excluding steroid dienone is 10. The summed E-state index contributed by atoms with van der Waals surface area (Å²) in [4.78, 5) is 38.5. The number of carbonyl (C=O) groups excluding carboxylic acids is 3. The number of ether oxygens (including phenoxy) is 3. The van der Waals surface area contributed by atoms with Gasteiger partial charge in [0, 0.05) is 19.3 Å². The molecule has 1 atom stereocenters. The largest absolute Gasteiger partial charge is 0.462 e. The second-order valence-corrected chi connectivity index (χ2v) is 23.4. The SMILES string of the molecule is CC/C=C\C/C=C\C/C=C\C/C=C\C/C=C\CCCCCC(=O)OCC(COC(=O)CCCCCCCCCCCCCCCCCCCCCCC)OC(=O)CCCCCCCCCCCCCCCCCCCCCCC. The standard InChI is InChI=1S/C73H132O6/c1-4-7-10-13-16-19-22-25-28-31-34-36-39-42-45-48-51-54-57-60-63-66-72(75)78-69-70(68-77-71(74)65-62-59-56-53-50-47-44-41-38-33-30-27-24-21-18-15-12-9-6-3)79-73(76)67-64-61-58-55-52-49-46-43-40-37-35-32-29-26-23-20-17-14-11-8-5-2/h9,12,18,21,27,30,38,41,47,50,70H,4-8,10-11,13-17,19-20,22-26,28-29,31-37,39-40,42-46,48-49,51-69H2,1-3H3/b12-9-,21-18-,30-27-,41-38-,50-47-. The molecule has 0 saturated heterocycles. The van der Waals surface area contributed by atoms with Crippen LogP contribution in [0.2, 0.25) is 0 Å². The summed E-state index contributed by atoms with van der Waals surface area (Å²) in [6.07, 6.45) is 86.7. The summed E-state index contributed by atoms with van der Waals surface area (Å²) in [5.41, 5.74) is 0. The first kappa shape index (κ1) is 76.1. The Hall–Kier alpha value is -2.89. The van der Waals surface area contributed by atoms with Gasteiger partial charge in [-0.05, 0) is 64.2 Å². The molecule has 0 rings (SSSR count). The van der Waals surface area contributed by atoms with Crippen LogP contribution in [0.1, 0.15) is 367 Å². The lowest BCUT2D eigenvalue weighted by Crippen LogP contribution is -2.30. The van der Waals surface area contributed by atoms with E-state index in [0.717, 1.165) is 96.3 Å². The van der Waals surface area contributed by atoms with E-state index in [4.69, 9.17) is 14.2 Å². The highest BCUT2D eigenvalue weighted by Crippen LogP contribution is 2.18. The third kappa shape index (κ3) is 65.8. The van der Waals surface area contributed by atoms with Crippen LogP contribution in [0, 0.1) is 0 Å². The fraction of sp³-hybridized carbons (Fsp3) is 0.822. The topological polar surface area (TPSA) is 78.9 Å². The molecule has 0 bridgehead atoms. The highest BCUT2D eigenvalue weighted by molar-refractivity contribution is 5.71. The zero-order valence-electron chi connectivity index (χ0n) is 52.9. The quantitative estimate of drug-likeness (QED) is 0.0261. The van der Waals surface area contributed by atoms with Gasteiger partial charge >= 0.3 is 17.9 Å². The molecule has 0 aliphatic rings. The molecule has 460 valence electrons. The second-order valence-electron chi connectivity index (χ2n) is 23.4. The third-order valence-corrected chi connectivity index (χ3v) is 15.5. The summed E-state index contributed by atoms with van der Waals surface area (Å²) in [6.45, 7) is 6.57. The number of hydrogen-bond acceptors (Lipinski definition) is 6. The average Bonchev–Trinajstić information content (AvgIpc) is 3.45. The Balaban J connectivity index is 4.37. The maximum Gasteiger partial charge on any atom is 0.306 e. The van der Waals surface area contributed by atoms with E-state index < -0.39 is 6.10 Å². The molecule has 0 N–H and O–H groups in total. The monoisotopic (exact) mass is 1110 g/mol. The molecule has 0 aromatic rings. The number of unbranched alkanes of at least 4 members (excludes halogenated alkanes) is 43. The van der Waals surface area contributed by atoms with Crippen molar-refractivity contribution in [2.45, 2.75) is 374 Å². The van der Waals surface area contributed by atoms with Crippen LogP contribution in [-0.4, -0.2) is 37.2 Å². The molecule has 0 aliphatic carbocycles. The number of carbonyl (C=O) groups is 3. The van der Waals surface area contributed by atoms with E-state index in [1.54, 1.807) is 0 Å². The molecule has 79 heavy (non-hydrogen) atoms. The third-order valence-electron chi connectivity index (χ3n) is 15.5. The molecule has 1 unspecified atom stereocenters. The minimum Gasteiger partial charge on any atom is -0.462 e. The smallest absolute Gasteiger partial charge is 0.306 e. The molecule has 0 saturated carbocycles. The number of hydrogen-bond donors (Lipinski definition) is 0. The van der Waals surface area contributed by atoms with Crippen LogP contribution in [0.15, 0.2) is 60.8 Å². The molecule has 0 fully saturated rings. The first-order valence-electron chi connectivity index (χ1n) is 34.8. The van der Waals surface area contributed by atoms with Crippen LogP contribution < -0.4 is 0 Å². The van der Waals surface area contributed by atoms with Crippen molar-refractivity contribution in [1.82, 2.24) is 0 Å². The molecule has 0 aromatic heterocycles. The Bertz CT molecular complexity index is 1410. The Morgan fingerprint density at radius 3 is 0.772 bits per heavy atom. The molecule has 0 amide bonds. The van der Waals surface area contributed by atoms with Gasteiger partial charge in [-0.25, -0.2) is 0 Å². The van der Waals surface area contributed by atoms with E-state index in [-0.39, 0.29) is 31.1 Å². The van der Waals surface area contributed by atoms with Crippen LogP contribution in [0.3, 0.4) is 0 Å². The van der Waals surface area contributed by atoms with Gasteiger partial charge < -0.3 is 14.2 Å². The summed E-state index contributed by atoms with van der Waals surface area (Å²) in [5, 5.41) is 0. The van der Waals surface area contributed by atoms with Gasteiger partial charge in [0.15, 0.2) is 6.10 Å². The highest BCUT2D eigenvalue weighted by atomic mass is 16.6. The average molecular weight is 1110 g/mol. The lowest BCUT2D eigenvalue weighted by atomic mass is 10.0. The number of esters is 3. The number of rotatable bonds is 64. The Morgan fingerprint density at radius 1 is 0.266 bits per heavy atom. The zero-order valence-corrected chi connectivity index (χ0v) is 52.9. The Labute approximate surface area is 491 Å². The molecule has 6 heteroatoms. The first-order valence-corrected chi connectivity index (χ1v) is 34.8. The Kier molecular flexibility index (Phi) is 65.1. The lowest BCUT2D eigenvalue weighted by Gasteiger charge is -2.18. The van der Waals surface area contributed by atoms with Gasteiger partial charge in [-0.15, -0.1) is 0 Å². The molecular weight excluding hydrogens is 973 g/mol. The summed E-state index contributed by atoms with van der Waals surface area (Å²) in [6, 6.07) is 0. The molecule has 0 radical (unpaired) electrons. The summed E-state index contributed by atoms with van der Waals surface area (Å²) >= 11 is 0. The van der Waals surface area contributed by atoms with Crippen molar-refractivity contribution in [2.24, 2.45) is 0 Å². The van der Waals surface area contributed by atoms with Gasteiger partial charge in [0.2, 0.25) is 0 Å². The van der Waals surface area contributed by atoms with Gasteiger partial charge in [0.1, 0.15) is 13.2 Å². The second kappa shape index (κ2) is 67.6. The minimum absolute atomic E-state index is 0.0797. The van der Waals surface area contributed by atoms with Gasteiger partial charge in [-0.2, -0.15) is 0 Å². The van der Waals surface area contributed by atoms with Crippen LogP contribution in [-0.2, 0) is 28.6 Å². The summed E-state index contributed by atoms with van der Waals surface area (Å²) < 4.78 is 17.0. The summed E-state index contributed by atoms with van der Waals surface area (Å²) in [5.74, 6) is -0.887. The van der Waals surface area contributed by atoms with Crippen LogP contribution in [0.5, 0.6) is 0 Å². The lowest BCUT2D eigenvalue weighted by molar-refractivity contribution is -0.167. The zero-order chi connectivity index (χ0) is 57.1. The van der Waals surface area contributed by atoms with E-state index in [1.807, 2.05) is 0 Å². The van der Waals surface area contributed by atoms with E-state index in [1.165, 1.54) is 231 Å². The maximum atomic E-state index is 13.0. The van der Waals surface area contributed by atoms with Crippen LogP contribution in [0.4, 0.5) is 0 Å². The van der Waals surface area contributed by atoms with Gasteiger partial charge in [0.25, 0.3) is 0 Å². The van der Waals surface area contributed by atoms with E-state index >= 15 is 0 Å². The fourth-order valence-electron chi connectivity index (χ4n) is 10.4. The van der Waals surface area contributed by atoms with Crippen LogP contribution >= 0.6 is 0 Å². The molecule has 0 aromatic carbocycles. The molecular formula is C73H132O6. The van der Waals surface area contributed by atoms with Gasteiger partial charge in [-0.3, -0.25) is 14.4 Å². The molecule has 0 heterocycles. The normalized spacial score (nSPS) is 12.4. The minimum atomic E-state index is -0.787. The van der Waals surface area contributed by atoms with Crippen molar-refractivity contribution in [1.29, 1.82) is 0 Å². The van der Waals surface area contributed by atoms with Crippen molar-refractivity contribution >= 4 is 17.9 Å².